The minimum absolute atomic E-state index is 0.189. The number of anilines is 2. The minimum Gasteiger partial charge on any atom is -0.465 e. The van der Waals surface area contributed by atoms with Crippen LogP contribution in [-0.4, -0.2) is 60.2 Å². The third-order valence-corrected chi connectivity index (χ3v) is 4.62. The second-order valence-corrected chi connectivity index (χ2v) is 6.36. The van der Waals surface area contributed by atoms with Gasteiger partial charge in [-0.25, -0.2) is 9.78 Å². The highest BCUT2D eigenvalue weighted by Gasteiger charge is 2.24. The zero-order valence-corrected chi connectivity index (χ0v) is 15.1. The number of pyridine rings is 1. The van der Waals surface area contributed by atoms with Crippen LogP contribution in [0.15, 0.2) is 42.6 Å². The maximum Gasteiger partial charge on any atom is 0.407 e. The van der Waals surface area contributed by atoms with Gasteiger partial charge in [-0.15, -0.1) is 0 Å². The summed E-state index contributed by atoms with van der Waals surface area (Å²) in [7, 11) is 1.71. The minimum atomic E-state index is -0.903. The van der Waals surface area contributed by atoms with Gasteiger partial charge in [0.15, 0.2) is 0 Å². The first kappa shape index (κ1) is 18.0. The highest BCUT2D eigenvalue weighted by Crippen LogP contribution is 2.30. The molecule has 1 fully saturated rings. The van der Waals surface area contributed by atoms with Crippen molar-refractivity contribution in [1.82, 2.24) is 9.88 Å². The van der Waals surface area contributed by atoms with Crippen molar-refractivity contribution in [3.63, 3.8) is 0 Å². The molecule has 136 valence electrons. The van der Waals surface area contributed by atoms with Crippen molar-refractivity contribution in [2.75, 3.05) is 43.0 Å². The number of benzene rings is 1. The zero-order valence-electron chi connectivity index (χ0n) is 14.3. The maximum absolute atomic E-state index is 12.8. The molecule has 3 rings (SSSR count). The topological polar surface area (TPSA) is 77.0 Å². The number of para-hydroxylation sites is 2. The third kappa shape index (κ3) is 3.72. The Hall–Kier alpha value is -2.80. The van der Waals surface area contributed by atoms with Crippen LogP contribution in [-0.2, 0) is 0 Å². The Bertz CT molecular complexity index is 822. The Morgan fingerprint density at radius 3 is 2.50 bits per heavy atom. The lowest BCUT2D eigenvalue weighted by molar-refractivity contribution is 0.0993. The van der Waals surface area contributed by atoms with Gasteiger partial charge in [0.05, 0.1) is 11.4 Å². The molecule has 8 heteroatoms. The van der Waals surface area contributed by atoms with Gasteiger partial charge >= 0.3 is 6.09 Å². The van der Waals surface area contributed by atoms with Crippen molar-refractivity contribution < 1.29 is 14.7 Å². The van der Waals surface area contributed by atoms with E-state index in [9.17, 15) is 9.59 Å². The lowest BCUT2D eigenvalue weighted by Crippen LogP contribution is -2.48. The molecule has 1 aromatic carbocycles. The number of halogens is 1. The lowest BCUT2D eigenvalue weighted by atomic mass is 10.1. The molecule has 1 saturated heterocycles. The number of aromatic nitrogens is 1. The molecule has 1 N–H and O–H groups in total. The number of amides is 2. The molecule has 0 atom stereocenters. The van der Waals surface area contributed by atoms with Crippen molar-refractivity contribution in [3.05, 3.63) is 53.3 Å². The number of piperazine rings is 1. The number of carbonyl (C=O) groups excluding carboxylic acids is 1. The molecule has 0 bridgehead atoms. The molecule has 2 heterocycles. The highest BCUT2D eigenvalue weighted by molar-refractivity contribution is 6.29. The monoisotopic (exact) mass is 374 g/mol. The molecule has 0 aliphatic carbocycles. The molecule has 2 amide bonds. The van der Waals surface area contributed by atoms with E-state index < -0.39 is 6.09 Å². The Balaban J connectivity index is 1.83. The van der Waals surface area contributed by atoms with Crippen LogP contribution in [0.1, 0.15) is 10.4 Å². The average Bonchev–Trinajstić information content (AvgIpc) is 2.67. The van der Waals surface area contributed by atoms with Gasteiger partial charge in [0, 0.05) is 45.0 Å². The number of hydrogen-bond donors (Lipinski definition) is 1. The standard InChI is InChI=1S/C18H19ClN4O3/c1-21(17(24)13-6-7-20-16(19)12-13)14-4-2-3-5-15(14)22-8-10-23(11-9-22)18(25)26/h2-7,12H,8-11H2,1H3,(H,25,26). The molecule has 0 unspecified atom stereocenters. The number of carboxylic acid groups (broad SMARTS) is 1. The second-order valence-electron chi connectivity index (χ2n) is 5.98. The zero-order chi connectivity index (χ0) is 18.7. The van der Waals surface area contributed by atoms with Crippen molar-refractivity contribution in [3.8, 4) is 0 Å². The van der Waals surface area contributed by atoms with Gasteiger partial charge in [0.2, 0.25) is 0 Å². The van der Waals surface area contributed by atoms with E-state index in [1.807, 2.05) is 24.3 Å². The summed E-state index contributed by atoms with van der Waals surface area (Å²) in [5.41, 5.74) is 2.11. The van der Waals surface area contributed by atoms with E-state index in [0.29, 0.717) is 31.7 Å². The van der Waals surface area contributed by atoms with E-state index in [1.165, 1.54) is 17.2 Å². The maximum atomic E-state index is 12.8. The van der Waals surface area contributed by atoms with Crippen LogP contribution in [0, 0.1) is 0 Å². The van der Waals surface area contributed by atoms with Crippen LogP contribution in [0.25, 0.3) is 0 Å². The fourth-order valence-corrected chi connectivity index (χ4v) is 3.17. The molecule has 1 aliphatic heterocycles. The molecular weight excluding hydrogens is 356 g/mol. The van der Waals surface area contributed by atoms with Crippen molar-refractivity contribution in [2.45, 2.75) is 0 Å². The number of nitrogens with zero attached hydrogens (tertiary/aromatic N) is 4. The summed E-state index contributed by atoms with van der Waals surface area (Å²) in [5.74, 6) is -0.189. The second kappa shape index (κ2) is 7.61. The van der Waals surface area contributed by atoms with Crippen LogP contribution >= 0.6 is 11.6 Å². The summed E-state index contributed by atoms with van der Waals surface area (Å²) in [6.07, 6.45) is 0.597. The van der Waals surface area contributed by atoms with E-state index in [2.05, 4.69) is 9.88 Å². The summed E-state index contributed by atoms with van der Waals surface area (Å²) < 4.78 is 0. The quantitative estimate of drug-likeness (QED) is 0.836. The SMILES string of the molecule is CN(C(=O)c1ccnc(Cl)c1)c1ccccc1N1CCN(C(=O)O)CC1. The fourth-order valence-electron chi connectivity index (χ4n) is 2.99. The van der Waals surface area contributed by atoms with Crippen LogP contribution in [0.5, 0.6) is 0 Å². The molecule has 0 spiro atoms. The van der Waals surface area contributed by atoms with Crippen LogP contribution in [0.3, 0.4) is 0 Å². The first-order valence-corrected chi connectivity index (χ1v) is 8.56. The van der Waals surface area contributed by atoms with E-state index in [4.69, 9.17) is 16.7 Å². The van der Waals surface area contributed by atoms with Gasteiger partial charge in [-0.1, -0.05) is 23.7 Å². The number of rotatable bonds is 3. The van der Waals surface area contributed by atoms with E-state index in [0.717, 1.165) is 11.4 Å². The summed E-state index contributed by atoms with van der Waals surface area (Å²) in [6.45, 7) is 2.02. The van der Waals surface area contributed by atoms with Crippen molar-refractivity contribution in [2.24, 2.45) is 0 Å². The third-order valence-electron chi connectivity index (χ3n) is 4.41. The van der Waals surface area contributed by atoms with Crippen LogP contribution in [0.2, 0.25) is 5.15 Å². The molecule has 7 nitrogen and oxygen atoms in total. The number of hydrogen-bond acceptors (Lipinski definition) is 4. The largest absolute Gasteiger partial charge is 0.465 e. The molecule has 26 heavy (non-hydrogen) atoms. The highest BCUT2D eigenvalue weighted by atomic mass is 35.5. The van der Waals surface area contributed by atoms with Gasteiger partial charge in [0.25, 0.3) is 5.91 Å². The predicted octanol–water partition coefficient (Wildman–Crippen LogP) is 2.81. The van der Waals surface area contributed by atoms with Gasteiger partial charge in [0.1, 0.15) is 5.15 Å². The lowest BCUT2D eigenvalue weighted by Gasteiger charge is -2.36. The van der Waals surface area contributed by atoms with Gasteiger partial charge < -0.3 is 19.8 Å². The fraction of sp³-hybridized carbons (Fsp3) is 0.278. The van der Waals surface area contributed by atoms with E-state index in [-0.39, 0.29) is 11.1 Å². The molecule has 2 aromatic rings. The predicted molar refractivity (Wildman–Crippen MR) is 100 cm³/mol. The summed E-state index contributed by atoms with van der Waals surface area (Å²) in [4.78, 5) is 32.9. The van der Waals surface area contributed by atoms with E-state index in [1.54, 1.807) is 18.0 Å². The molecular formula is C18H19ClN4O3. The molecule has 1 aromatic heterocycles. The Labute approximate surface area is 156 Å². The average molecular weight is 375 g/mol. The Morgan fingerprint density at radius 2 is 1.85 bits per heavy atom. The van der Waals surface area contributed by atoms with Gasteiger partial charge in [-0.2, -0.15) is 0 Å². The van der Waals surface area contributed by atoms with Crippen LogP contribution < -0.4 is 9.80 Å². The summed E-state index contributed by atoms with van der Waals surface area (Å²) >= 11 is 5.89. The van der Waals surface area contributed by atoms with Crippen LogP contribution in [0.4, 0.5) is 16.2 Å². The molecule has 0 radical (unpaired) electrons. The smallest absolute Gasteiger partial charge is 0.407 e. The first-order chi connectivity index (χ1) is 12.5. The Kier molecular flexibility index (Phi) is 5.27. The van der Waals surface area contributed by atoms with Crippen molar-refractivity contribution >= 4 is 35.0 Å². The number of carbonyl (C=O) groups is 2. The summed E-state index contributed by atoms with van der Waals surface area (Å²) in [6, 6.07) is 10.8. The molecule has 1 aliphatic rings. The Morgan fingerprint density at radius 1 is 1.15 bits per heavy atom. The normalized spacial score (nSPS) is 14.2. The molecule has 0 saturated carbocycles. The van der Waals surface area contributed by atoms with Crippen molar-refractivity contribution in [1.29, 1.82) is 0 Å². The van der Waals surface area contributed by atoms with Gasteiger partial charge in [-0.3, -0.25) is 4.79 Å². The summed E-state index contributed by atoms with van der Waals surface area (Å²) in [5, 5.41) is 9.36. The van der Waals surface area contributed by atoms with E-state index >= 15 is 0 Å². The first-order valence-electron chi connectivity index (χ1n) is 8.19. The van der Waals surface area contributed by atoms with Gasteiger partial charge in [-0.05, 0) is 24.3 Å².